The van der Waals surface area contributed by atoms with Crippen molar-refractivity contribution < 1.29 is 18.7 Å². The molecule has 0 aromatic carbocycles. The molecule has 0 saturated heterocycles. The predicted octanol–water partition coefficient (Wildman–Crippen LogP) is 2.75. The molecule has 0 saturated carbocycles. The smallest absolute Gasteiger partial charge is 0.135 e. The summed E-state index contributed by atoms with van der Waals surface area (Å²) in [7, 11) is 1.68. The van der Waals surface area contributed by atoms with Crippen LogP contribution in [0, 0.1) is 0 Å². The lowest BCUT2D eigenvalue weighted by molar-refractivity contribution is 0.0509. The van der Waals surface area contributed by atoms with Gasteiger partial charge in [-0.2, -0.15) is 0 Å². The second-order valence-corrected chi connectivity index (χ2v) is 5.61. The van der Waals surface area contributed by atoms with Gasteiger partial charge in [0.1, 0.15) is 22.9 Å². The van der Waals surface area contributed by atoms with E-state index in [2.05, 4.69) is 4.90 Å². The Hall–Kier alpha value is -1.56. The van der Waals surface area contributed by atoms with Gasteiger partial charge < -0.3 is 18.7 Å². The minimum Gasteiger partial charge on any atom is -0.468 e. The number of hydrogen-bond acceptors (Lipinski definition) is 5. The summed E-state index contributed by atoms with van der Waals surface area (Å²) in [5.74, 6) is 2.29. The van der Waals surface area contributed by atoms with E-state index in [1.807, 2.05) is 24.3 Å². The van der Waals surface area contributed by atoms with Gasteiger partial charge in [-0.1, -0.05) is 0 Å². The Balaban J connectivity index is 2.02. The van der Waals surface area contributed by atoms with Crippen molar-refractivity contribution in [2.45, 2.75) is 32.5 Å². The Bertz CT molecular complexity index is 525. The predicted molar refractivity (Wildman–Crippen MR) is 78.7 cm³/mol. The third-order valence-electron chi connectivity index (χ3n) is 3.22. The van der Waals surface area contributed by atoms with Crippen molar-refractivity contribution in [3.8, 4) is 0 Å². The molecule has 0 aliphatic heterocycles. The molecule has 2 aromatic rings. The highest BCUT2D eigenvalue weighted by Crippen LogP contribution is 2.23. The molecule has 1 N–H and O–H groups in total. The van der Waals surface area contributed by atoms with Crippen LogP contribution in [0.2, 0.25) is 0 Å². The second kappa shape index (κ2) is 6.93. The summed E-state index contributed by atoms with van der Waals surface area (Å²) in [6.07, 6.45) is 1.67. The zero-order valence-electron chi connectivity index (χ0n) is 12.8. The van der Waals surface area contributed by atoms with Crippen LogP contribution in [0.5, 0.6) is 0 Å². The summed E-state index contributed by atoms with van der Waals surface area (Å²) >= 11 is 0. The van der Waals surface area contributed by atoms with Crippen LogP contribution in [-0.2, 0) is 23.4 Å². The van der Waals surface area contributed by atoms with Gasteiger partial charge in [-0.15, -0.1) is 0 Å². The number of aliphatic hydroxyl groups is 1. The maximum absolute atomic E-state index is 9.94. The highest BCUT2D eigenvalue weighted by molar-refractivity contribution is 5.12. The minimum atomic E-state index is -0.962. The van der Waals surface area contributed by atoms with Crippen molar-refractivity contribution in [1.82, 2.24) is 4.90 Å². The molecule has 2 rings (SSSR count). The molecule has 0 fully saturated rings. The second-order valence-electron chi connectivity index (χ2n) is 5.61. The standard InChI is InChI=1S/C16H23NO4/c1-16(2,18)15-7-6-14(21-15)12-17(8-10-19-3)11-13-5-4-9-20-13/h4-7,9,18H,8,10-12H2,1-3H3. The quantitative estimate of drug-likeness (QED) is 0.811. The van der Waals surface area contributed by atoms with Crippen molar-refractivity contribution in [3.63, 3.8) is 0 Å². The summed E-state index contributed by atoms with van der Waals surface area (Å²) in [5.41, 5.74) is -0.962. The summed E-state index contributed by atoms with van der Waals surface area (Å²) in [5, 5.41) is 9.94. The van der Waals surface area contributed by atoms with E-state index < -0.39 is 5.60 Å². The fourth-order valence-electron chi connectivity index (χ4n) is 2.07. The lowest BCUT2D eigenvalue weighted by Gasteiger charge is -2.20. The minimum absolute atomic E-state index is 0.571. The lowest BCUT2D eigenvalue weighted by atomic mass is 10.1. The summed E-state index contributed by atoms with van der Waals surface area (Å²) < 4.78 is 16.2. The molecule has 0 unspecified atom stereocenters. The van der Waals surface area contributed by atoms with Gasteiger partial charge in [-0.25, -0.2) is 0 Å². The van der Waals surface area contributed by atoms with E-state index >= 15 is 0 Å². The van der Waals surface area contributed by atoms with E-state index in [1.165, 1.54) is 0 Å². The first-order valence-electron chi connectivity index (χ1n) is 7.04. The first-order valence-corrected chi connectivity index (χ1v) is 7.04. The average molecular weight is 293 g/mol. The lowest BCUT2D eigenvalue weighted by Crippen LogP contribution is -2.26. The van der Waals surface area contributed by atoms with Gasteiger partial charge in [-0.3, -0.25) is 4.90 Å². The van der Waals surface area contributed by atoms with Crippen LogP contribution >= 0.6 is 0 Å². The zero-order chi connectivity index (χ0) is 15.3. The van der Waals surface area contributed by atoms with Crippen molar-refractivity contribution in [2.75, 3.05) is 20.3 Å². The molecule has 116 valence electrons. The normalized spacial score (nSPS) is 12.2. The number of ether oxygens (including phenoxy) is 1. The van der Waals surface area contributed by atoms with E-state index in [4.69, 9.17) is 13.6 Å². The number of hydrogen-bond donors (Lipinski definition) is 1. The molecule has 2 aromatic heterocycles. The first-order chi connectivity index (χ1) is 9.99. The fourth-order valence-corrected chi connectivity index (χ4v) is 2.07. The molecule has 0 aliphatic rings. The van der Waals surface area contributed by atoms with Crippen LogP contribution in [-0.4, -0.2) is 30.3 Å². The molecule has 5 heteroatoms. The summed E-state index contributed by atoms with van der Waals surface area (Å²) in [4.78, 5) is 2.18. The summed E-state index contributed by atoms with van der Waals surface area (Å²) in [6.45, 7) is 6.16. The summed E-state index contributed by atoms with van der Waals surface area (Å²) in [6, 6.07) is 7.54. The van der Waals surface area contributed by atoms with Crippen molar-refractivity contribution >= 4 is 0 Å². The Morgan fingerprint density at radius 2 is 1.95 bits per heavy atom. The molecule has 0 atom stereocenters. The monoisotopic (exact) mass is 293 g/mol. The van der Waals surface area contributed by atoms with Gasteiger partial charge in [0.15, 0.2) is 0 Å². The SMILES string of the molecule is COCCN(Cc1ccco1)Cc1ccc(C(C)(C)O)o1. The largest absolute Gasteiger partial charge is 0.468 e. The van der Waals surface area contributed by atoms with Crippen LogP contribution in [0.1, 0.15) is 31.1 Å². The van der Waals surface area contributed by atoms with Crippen LogP contribution in [0.3, 0.4) is 0 Å². The van der Waals surface area contributed by atoms with E-state index in [0.717, 1.165) is 18.1 Å². The third kappa shape index (κ3) is 4.74. The van der Waals surface area contributed by atoms with Gasteiger partial charge in [0.25, 0.3) is 0 Å². The van der Waals surface area contributed by atoms with Gasteiger partial charge in [-0.05, 0) is 38.1 Å². The molecule has 2 heterocycles. The maximum atomic E-state index is 9.94. The van der Waals surface area contributed by atoms with Crippen molar-refractivity contribution in [1.29, 1.82) is 0 Å². The molecule has 0 bridgehead atoms. The highest BCUT2D eigenvalue weighted by Gasteiger charge is 2.21. The molecule has 5 nitrogen and oxygen atoms in total. The average Bonchev–Trinajstić information content (AvgIpc) is 3.06. The van der Waals surface area contributed by atoms with Crippen LogP contribution in [0.25, 0.3) is 0 Å². The Morgan fingerprint density at radius 3 is 2.52 bits per heavy atom. The van der Waals surface area contributed by atoms with Crippen LogP contribution in [0.15, 0.2) is 39.4 Å². The van der Waals surface area contributed by atoms with Gasteiger partial charge in [0.05, 0.1) is 26.0 Å². The molecule has 0 spiro atoms. The number of furan rings is 2. The van der Waals surface area contributed by atoms with Crippen LogP contribution < -0.4 is 0 Å². The molecular formula is C16H23NO4. The molecular weight excluding hydrogens is 270 g/mol. The number of rotatable bonds is 8. The Labute approximate surface area is 125 Å². The molecule has 0 amide bonds. The van der Waals surface area contributed by atoms with Gasteiger partial charge in [0.2, 0.25) is 0 Å². The number of nitrogens with zero attached hydrogens (tertiary/aromatic N) is 1. The van der Waals surface area contributed by atoms with E-state index in [1.54, 1.807) is 27.2 Å². The molecule has 0 radical (unpaired) electrons. The molecule has 21 heavy (non-hydrogen) atoms. The Morgan fingerprint density at radius 1 is 1.19 bits per heavy atom. The van der Waals surface area contributed by atoms with Crippen LogP contribution in [0.4, 0.5) is 0 Å². The van der Waals surface area contributed by atoms with Crippen molar-refractivity contribution in [2.24, 2.45) is 0 Å². The van der Waals surface area contributed by atoms with Gasteiger partial charge >= 0.3 is 0 Å². The first kappa shape index (κ1) is 15.8. The van der Waals surface area contributed by atoms with E-state index in [0.29, 0.717) is 25.5 Å². The third-order valence-corrected chi connectivity index (χ3v) is 3.22. The molecule has 0 aliphatic carbocycles. The zero-order valence-corrected chi connectivity index (χ0v) is 12.8. The van der Waals surface area contributed by atoms with E-state index in [-0.39, 0.29) is 0 Å². The van der Waals surface area contributed by atoms with Gasteiger partial charge in [0, 0.05) is 13.7 Å². The number of methoxy groups -OCH3 is 1. The highest BCUT2D eigenvalue weighted by atomic mass is 16.5. The topological polar surface area (TPSA) is 59.0 Å². The maximum Gasteiger partial charge on any atom is 0.135 e. The fraction of sp³-hybridized carbons (Fsp3) is 0.500. The Kier molecular flexibility index (Phi) is 5.22. The van der Waals surface area contributed by atoms with Crippen molar-refractivity contribution in [3.05, 3.63) is 47.8 Å². The van der Waals surface area contributed by atoms with E-state index in [9.17, 15) is 5.11 Å².